The minimum absolute atomic E-state index is 0.0686. The van der Waals surface area contributed by atoms with Gasteiger partial charge in [0.1, 0.15) is 6.04 Å². The van der Waals surface area contributed by atoms with Crippen LogP contribution < -0.4 is 5.32 Å². The molecule has 0 aliphatic carbocycles. The number of benzene rings is 2. The highest BCUT2D eigenvalue weighted by atomic mass is 35.5. The molecule has 2 aromatic rings. The number of carbonyl (C=O) groups excluding carboxylic acids is 1. The number of amides is 1. The second-order valence-corrected chi connectivity index (χ2v) is 7.27. The Hall–Kier alpha value is -2.46. The summed E-state index contributed by atoms with van der Waals surface area (Å²) < 4.78 is 77.6. The molecule has 4 nitrogen and oxygen atoms in total. The molecule has 12 heteroatoms. The van der Waals surface area contributed by atoms with Crippen molar-refractivity contribution in [3.63, 3.8) is 0 Å². The van der Waals surface area contributed by atoms with Crippen molar-refractivity contribution in [2.45, 2.75) is 31.2 Å². The van der Waals surface area contributed by atoms with E-state index in [0.717, 1.165) is 0 Å². The van der Waals surface area contributed by atoms with Crippen molar-refractivity contribution in [2.24, 2.45) is 0 Å². The number of alkyl halides is 6. The van der Waals surface area contributed by atoms with E-state index in [-0.39, 0.29) is 28.1 Å². The third-order valence-corrected chi connectivity index (χ3v) is 4.82. The molecular formula is C19H13Cl2F6NO3. The molecule has 2 N–H and O–H groups in total. The Morgan fingerprint density at radius 2 is 1.42 bits per heavy atom. The molecule has 1 atom stereocenters. The Balaban J connectivity index is 2.26. The quantitative estimate of drug-likeness (QED) is 0.537. The summed E-state index contributed by atoms with van der Waals surface area (Å²) in [7, 11) is 0. The molecule has 0 saturated carbocycles. The number of hydrogen-bond acceptors (Lipinski definition) is 2. The Labute approximate surface area is 181 Å². The molecule has 1 amide bonds. The van der Waals surface area contributed by atoms with Crippen LogP contribution in [0.1, 0.15) is 22.3 Å². The average molecular weight is 488 g/mol. The molecule has 2 rings (SSSR count). The second kappa shape index (κ2) is 9.35. The molecule has 31 heavy (non-hydrogen) atoms. The van der Waals surface area contributed by atoms with Gasteiger partial charge in [-0.05, 0) is 41.5 Å². The van der Waals surface area contributed by atoms with Gasteiger partial charge in [0.2, 0.25) is 5.91 Å². The van der Waals surface area contributed by atoms with Crippen LogP contribution in [0.5, 0.6) is 0 Å². The highest BCUT2D eigenvalue weighted by Gasteiger charge is 2.37. The van der Waals surface area contributed by atoms with Crippen molar-refractivity contribution >= 4 is 35.1 Å². The van der Waals surface area contributed by atoms with Gasteiger partial charge < -0.3 is 10.4 Å². The zero-order chi connectivity index (χ0) is 23.6. The van der Waals surface area contributed by atoms with E-state index in [2.05, 4.69) is 5.32 Å². The second-order valence-electron chi connectivity index (χ2n) is 6.45. The van der Waals surface area contributed by atoms with Crippen LogP contribution in [-0.2, 0) is 34.8 Å². The van der Waals surface area contributed by atoms with Crippen molar-refractivity contribution in [1.82, 2.24) is 5.32 Å². The summed E-state index contributed by atoms with van der Waals surface area (Å²) in [5.41, 5.74) is -3.54. The predicted molar refractivity (Wildman–Crippen MR) is 99.9 cm³/mol. The van der Waals surface area contributed by atoms with Crippen molar-refractivity contribution in [3.05, 3.63) is 68.7 Å². The molecule has 0 radical (unpaired) electrons. The normalized spacial score (nSPS) is 13.0. The number of rotatable bonds is 6. The Morgan fingerprint density at radius 1 is 0.935 bits per heavy atom. The Kier molecular flexibility index (Phi) is 7.48. The lowest BCUT2D eigenvalue weighted by Gasteiger charge is -2.17. The highest BCUT2D eigenvalue weighted by Crippen LogP contribution is 2.36. The van der Waals surface area contributed by atoms with Crippen LogP contribution in [0.15, 0.2) is 36.4 Å². The number of carboxylic acid groups (broad SMARTS) is 1. The molecule has 0 saturated heterocycles. The third-order valence-electron chi connectivity index (χ3n) is 4.12. The fraction of sp³-hybridized carbons (Fsp3) is 0.263. The Bertz CT molecular complexity index is 939. The third kappa shape index (κ3) is 6.76. The summed E-state index contributed by atoms with van der Waals surface area (Å²) >= 11 is 11.9. The largest absolute Gasteiger partial charge is 0.480 e. The van der Waals surface area contributed by atoms with Gasteiger partial charge in [-0.2, -0.15) is 26.3 Å². The van der Waals surface area contributed by atoms with Crippen LogP contribution >= 0.6 is 23.2 Å². The van der Waals surface area contributed by atoms with Crippen molar-refractivity contribution < 1.29 is 41.0 Å². The van der Waals surface area contributed by atoms with Gasteiger partial charge in [0.05, 0.1) is 17.5 Å². The van der Waals surface area contributed by atoms with E-state index >= 15 is 0 Å². The molecule has 0 aromatic heterocycles. The van der Waals surface area contributed by atoms with Crippen LogP contribution in [0, 0.1) is 0 Å². The van der Waals surface area contributed by atoms with Gasteiger partial charge in [-0.1, -0.05) is 29.3 Å². The first-order chi connectivity index (χ1) is 14.2. The lowest BCUT2D eigenvalue weighted by molar-refractivity contribution is -0.143. The smallest absolute Gasteiger partial charge is 0.416 e. The lowest BCUT2D eigenvalue weighted by Crippen LogP contribution is -2.43. The summed E-state index contributed by atoms with van der Waals surface area (Å²) in [6.07, 6.45) is -11.4. The number of carboxylic acids is 1. The average Bonchev–Trinajstić information content (AvgIpc) is 2.62. The molecule has 0 spiro atoms. The van der Waals surface area contributed by atoms with Crippen LogP contribution in [0.25, 0.3) is 0 Å². The van der Waals surface area contributed by atoms with Crippen LogP contribution in [0.3, 0.4) is 0 Å². The number of aliphatic carboxylic acids is 1. The Morgan fingerprint density at radius 3 is 1.84 bits per heavy atom. The first kappa shape index (κ1) is 24.8. The van der Waals surface area contributed by atoms with Gasteiger partial charge in [0, 0.05) is 16.5 Å². The summed E-state index contributed by atoms with van der Waals surface area (Å²) in [5.74, 6) is -2.59. The minimum atomic E-state index is -5.07. The van der Waals surface area contributed by atoms with E-state index in [1.165, 1.54) is 18.2 Å². The van der Waals surface area contributed by atoms with Gasteiger partial charge in [-0.3, -0.25) is 4.79 Å². The standard InChI is InChI=1S/C19H13Cl2F6NO3/c20-13-2-1-3-14(21)12(13)8-15(17(30)31)28-16(29)6-9-4-10(18(22,23)24)7-11(5-9)19(25,26)27/h1-5,7,15H,6,8H2,(H,28,29)(H,30,31)/t15-/m1/s1. The first-order valence-electron chi connectivity index (χ1n) is 8.42. The maximum atomic E-state index is 12.9. The summed E-state index contributed by atoms with van der Waals surface area (Å²) in [5, 5.41) is 11.7. The van der Waals surface area contributed by atoms with E-state index in [9.17, 15) is 41.0 Å². The van der Waals surface area contributed by atoms with Crippen LogP contribution in [-0.4, -0.2) is 23.0 Å². The summed E-state index contributed by atoms with van der Waals surface area (Å²) in [6, 6.07) is 3.54. The van der Waals surface area contributed by atoms with Gasteiger partial charge in [-0.25, -0.2) is 4.79 Å². The molecular weight excluding hydrogens is 475 g/mol. The van der Waals surface area contributed by atoms with Gasteiger partial charge in [-0.15, -0.1) is 0 Å². The topological polar surface area (TPSA) is 66.4 Å². The zero-order valence-electron chi connectivity index (χ0n) is 15.2. The van der Waals surface area contributed by atoms with Gasteiger partial charge in [0.15, 0.2) is 0 Å². The fourth-order valence-electron chi connectivity index (χ4n) is 2.68. The van der Waals surface area contributed by atoms with E-state index in [4.69, 9.17) is 23.2 Å². The maximum Gasteiger partial charge on any atom is 0.416 e. The van der Waals surface area contributed by atoms with Crippen molar-refractivity contribution in [1.29, 1.82) is 0 Å². The molecule has 0 unspecified atom stereocenters. The monoisotopic (exact) mass is 487 g/mol. The maximum absolute atomic E-state index is 12.9. The summed E-state index contributed by atoms with van der Waals surface area (Å²) in [6.45, 7) is 0. The molecule has 0 aliphatic rings. The van der Waals surface area contributed by atoms with Crippen molar-refractivity contribution in [3.8, 4) is 0 Å². The molecule has 0 aliphatic heterocycles. The SMILES string of the molecule is O=C(Cc1cc(C(F)(F)F)cc(C(F)(F)F)c1)N[C@H](Cc1c(Cl)cccc1Cl)C(=O)O. The number of carbonyl (C=O) groups is 2. The molecule has 0 heterocycles. The molecule has 0 bridgehead atoms. The number of nitrogens with one attached hydrogen (secondary N) is 1. The number of hydrogen-bond donors (Lipinski definition) is 2. The van der Waals surface area contributed by atoms with E-state index in [1.54, 1.807) is 0 Å². The summed E-state index contributed by atoms with van der Waals surface area (Å²) in [4.78, 5) is 23.7. The zero-order valence-corrected chi connectivity index (χ0v) is 16.8. The fourth-order valence-corrected chi connectivity index (χ4v) is 3.24. The lowest BCUT2D eigenvalue weighted by atomic mass is 10.0. The molecule has 2 aromatic carbocycles. The predicted octanol–water partition coefficient (Wildman–Crippen LogP) is 5.39. The number of halogens is 8. The van der Waals surface area contributed by atoms with E-state index < -0.39 is 53.4 Å². The van der Waals surface area contributed by atoms with Crippen molar-refractivity contribution in [2.75, 3.05) is 0 Å². The molecule has 0 fully saturated rings. The van der Waals surface area contributed by atoms with Gasteiger partial charge in [0.25, 0.3) is 0 Å². The van der Waals surface area contributed by atoms with Crippen LogP contribution in [0.2, 0.25) is 10.0 Å². The minimum Gasteiger partial charge on any atom is -0.480 e. The van der Waals surface area contributed by atoms with E-state index in [1.807, 2.05) is 0 Å². The van der Waals surface area contributed by atoms with E-state index in [0.29, 0.717) is 12.1 Å². The van der Waals surface area contributed by atoms with Crippen LogP contribution in [0.4, 0.5) is 26.3 Å². The first-order valence-corrected chi connectivity index (χ1v) is 9.17. The molecule has 168 valence electrons. The highest BCUT2D eigenvalue weighted by molar-refractivity contribution is 6.36. The van der Waals surface area contributed by atoms with Gasteiger partial charge >= 0.3 is 18.3 Å².